The van der Waals surface area contributed by atoms with E-state index in [1.54, 1.807) is 12.1 Å². The van der Waals surface area contributed by atoms with Crippen molar-refractivity contribution in [1.29, 1.82) is 0 Å². The van der Waals surface area contributed by atoms with E-state index in [2.05, 4.69) is 9.50 Å². The van der Waals surface area contributed by atoms with Crippen LogP contribution in [0.3, 0.4) is 0 Å². The lowest BCUT2D eigenvalue weighted by Gasteiger charge is -2.08. The monoisotopic (exact) mass is 245 g/mol. The third-order valence-electron chi connectivity index (χ3n) is 1.70. The summed E-state index contributed by atoms with van der Waals surface area (Å²) in [5, 5.41) is 13.3. The van der Waals surface area contributed by atoms with E-state index < -0.39 is 16.3 Å². The Hall–Kier alpha value is -1.51. The molecule has 0 amide bonds. The number of anilines is 1. The first kappa shape index (κ1) is 12.6. The molecule has 1 aromatic rings. The van der Waals surface area contributed by atoms with Crippen molar-refractivity contribution in [2.45, 2.75) is 0 Å². The first-order valence-electron chi connectivity index (χ1n) is 4.31. The van der Waals surface area contributed by atoms with Crippen LogP contribution in [0, 0.1) is 10.1 Å². The lowest BCUT2D eigenvalue weighted by atomic mass is 10.2. The van der Waals surface area contributed by atoms with Crippen molar-refractivity contribution in [2.24, 2.45) is 0 Å². The molecule has 1 rings (SSSR count). The first-order chi connectivity index (χ1) is 7.61. The fourth-order valence-electron chi connectivity index (χ4n) is 1.08. The largest absolute Gasteiger partial charge is 0.750 e. The zero-order valence-electron chi connectivity index (χ0n) is 8.12. The second kappa shape index (κ2) is 6.16. The van der Waals surface area contributed by atoms with Crippen LogP contribution in [0.15, 0.2) is 24.3 Å². The molecule has 0 aliphatic heterocycles. The number of nitro benzene ring substituents is 1. The topological polar surface area (TPSA) is 105 Å². The maximum absolute atomic E-state index is 10.6. The summed E-state index contributed by atoms with van der Waals surface area (Å²) in [7, 11) is 0. The molecule has 0 aromatic heterocycles. The van der Waals surface area contributed by atoms with Crippen LogP contribution in [-0.4, -0.2) is 26.8 Å². The van der Waals surface area contributed by atoms with Crippen molar-refractivity contribution in [1.82, 2.24) is 0 Å². The van der Waals surface area contributed by atoms with Crippen LogP contribution in [0.5, 0.6) is 0 Å². The number of benzene rings is 1. The van der Waals surface area contributed by atoms with Gasteiger partial charge in [0.2, 0.25) is 0 Å². The summed E-state index contributed by atoms with van der Waals surface area (Å²) in [5.74, 6) is 0. The molecule has 1 aromatic carbocycles. The second-order valence-electron chi connectivity index (χ2n) is 2.73. The van der Waals surface area contributed by atoms with E-state index in [1.165, 1.54) is 12.1 Å². The maximum Gasteiger partial charge on any atom is 0.292 e. The minimum atomic E-state index is -2.56. The highest BCUT2D eigenvalue weighted by Gasteiger charge is 2.10. The van der Waals surface area contributed by atoms with Gasteiger partial charge in [0.1, 0.15) is 5.69 Å². The number of para-hydroxylation sites is 2. The van der Waals surface area contributed by atoms with Gasteiger partial charge in [0, 0.05) is 12.6 Å². The highest BCUT2D eigenvalue weighted by atomic mass is 32.2. The second-order valence-corrected chi connectivity index (χ2v) is 3.37. The molecular formula is C8H9N2O5S-. The molecule has 16 heavy (non-hydrogen) atoms. The van der Waals surface area contributed by atoms with Crippen molar-refractivity contribution >= 4 is 22.7 Å². The normalized spacial score (nSPS) is 12.1. The Labute approximate surface area is 94.1 Å². The van der Waals surface area contributed by atoms with E-state index in [4.69, 9.17) is 0 Å². The van der Waals surface area contributed by atoms with Gasteiger partial charge in [-0.2, -0.15) is 0 Å². The van der Waals surface area contributed by atoms with E-state index in [9.17, 15) is 18.9 Å². The molecule has 0 bridgehead atoms. The number of nitro groups is 1. The molecular weight excluding hydrogens is 236 g/mol. The first-order valence-corrected chi connectivity index (χ1v) is 5.31. The quantitative estimate of drug-likeness (QED) is 0.344. The smallest absolute Gasteiger partial charge is 0.292 e. The van der Waals surface area contributed by atoms with Gasteiger partial charge >= 0.3 is 0 Å². The van der Waals surface area contributed by atoms with Gasteiger partial charge in [-0.1, -0.05) is 12.1 Å². The summed E-state index contributed by atoms with van der Waals surface area (Å²) < 4.78 is 24.3. The molecule has 0 aliphatic rings. The van der Waals surface area contributed by atoms with Crippen LogP contribution in [0.25, 0.3) is 0 Å². The van der Waals surface area contributed by atoms with Crippen LogP contribution in [0.4, 0.5) is 11.4 Å². The van der Waals surface area contributed by atoms with Gasteiger partial charge in [-0.15, -0.1) is 0 Å². The van der Waals surface area contributed by atoms with Gasteiger partial charge < -0.3 is 9.87 Å². The number of rotatable bonds is 6. The van der Waals surface area contributed by atoms with E-state index >= 15 is 0 Å². The lowest BCUT2D eigenvalue weighted by molar-refractivity contribution is -0.384. The average molecular weight is 245 g/mol. The molecule has 88 valence electrons. The van der Waals surface area contributed by atoms with Gasteiger partial charge in [0.05, 0.1) is 22.9 Å². The van der Waals surface area contributed by atoms with E-state index in [-0.39, 0.29) is 18.8 Å². The fourth-order valence-corrected chi connectivity index (χ4v) is 1.30. The Morgan fingerprint density at radius 1 is 1.44 bits per heavy atom. The Balaban J connectivity index is 2.53. The van der Waals surface area contributed by atoms with Crippen LogP contribution < -0.4 is 5.32 Å². The molecule has 1 unspecified atom stereocenters. The SMILES string of the molecule is O=[N+]([O-])c1ccccc1NCCOS(=O)[O-]. The summed E-state index contributed by atoms with van der Waals surface area (Å²) >= 11 is -2.56. The van der Waals surface area contributed by atoms with Crippen molar-refractivity contribution in [2.75, 3.05) is 18.5 Å². The molecule has 8 heteroatoms. The number of nitrogens with zero attached hydrogens (tertiary/aromatic N) is 1. The Morgan fingerprint density at radius 3 is 2.75 bits per heavy atom. The summed E-state index contributed by atoms with van der Waals surface area (Å²) in [6.07, 6.45) is 0. The summed E-state index contributed by atoms with van der Waals surface area (Å²) in [4.78, 5) is 10.1. The predicted octanol–water partition coefficient (Wildman–Crippen LogP) is 0.817. The molecule has 0 heterocycles. The third-order valence-corrected chi connectivity index (χ3v) is 2.06. The summed E-state index contributed by atoms with van der Waals surface area (Å²) in [5.41, 5.74) is 0.263. The minimum absolute atomic E-state index is 0.0641. The zero-order chi connectivity index (χ0) is 12.0. The van der Waals surface area contributed by atoms with Gasteiger partial charge in [0.25, 0.3) is 5.69 Å². The van der Waals surface area contributed by atoms with E-state index in [1.807, 2.05) is 0 Å². The minimum Gasteiger partial charge on any atom is -0.750 e. The van der Waals surface area contributed by atoms with Gasteiger partial charge in [-0.3, -0.25) is 14.3 Å². The van der Waals surface area contributed by atoms with Gasteiger partial charge in [0.15, 0.2) is 0 Å². The van der Waals surface area contributed by atoms with Crippen LogP contribution >= 0.6 is 0 Å². The van der Waals surface area contributed by atoms with Crippen molar-refractivity contribution in [3.63, 3.8) is 0 Å². The molecule has 0 spiro atoms. The number of hydrogen-bond acceptors (Lipinski definition) is 6. The third kappa shape index (κ3) is 3.93. The standard InChI is InChI=1S/C8H10N2O5S/c11-10(12)8-4-2-1-3-7(8)9-5-6-15-16(13)14/h1-4,9H,5-6H2,(H,13,14)/p-1. The van der Waals surface area contributed by atoms with Crippen molar-refractivity contribution < 1.29 is 17.9 Å². The highest BCUT2D eigenvalue weighted by Crippen LogP contribution is 2.22. The van der Waals surface area contributed by atoms with Gasteiger partial charge in [-0.05, 0) is 6.07 Å². The van der Waals surface area contributed by atoms with Crippen molar-refractivity contribution in [3.8, 4) is 0 Å². The Bertz CT molecular complexity index is 398. The fraction of sp³-hybridized carbons (Fsp3) is 0.250. The Kier molecular flexibility index (Phi) is 4.83. The van der Waals surface area contributed by atoms with Crippen LogP contribution in [-0.2, 0) is 15.5 Å². The summed E-state index contributed by atoms with van der Waals surface area (Å²) in [6.45, 7) is 0.0843. The summed E-state index contributed by atoms with van der Waals surface area (Å²) in [6, 6.07) is 6.08. The van der Waals surface area contributed by atoms with Crippen molar-refractivity contribution in [3.05, 3.63) is 34.4 Å². The highest BCUT2D eigenvalue weighted by molar-refractivity contribution is 7.74. The maximum atomic E-state index is 10.6. The average Bonchev–Trinajstić information content (AvgIpc) is 2.24. The van der Waals surface area contributed by atoms with Gasteiger partial charge in [-0.25, -0.2) is 4.21 Å². The zero-order valence-corrected chi connectivity index (χ0v) is 8.94. The Morgan fingerprint density at radius 2 is 2.12 bits per heavy atom. The molecule has 1 atom stereocenters. The molecule has 0 radical (unpaired) electrons. The predicted molar refractivity (Wildman–Crippen MR) is 56.5 cm³/mol. The number of hydrogen-bond donors (Lipinski definition) is 1. The molecule has 0 saturated heterocycles. The molecule has 0 aliphatic carbocycles. The van der Waals surface area contributed by atoms with E-state index in [0.717, 1.165) is 0 Å². The molecule has 0 fully saturated rings. The van der Waals surface area contributed by atoms with Crippen LogP contribution in [0.1, 0.15) is 0 Å². The number of nitrogens with one attached hydrogen (secondary N) is 1. The molecule has 0 saturated carbocycles. The van der Waals surface area contributed by atoms with E-state index in [0.29, 0.717) is 5.69 Å². The van der Waals surface area contributed by atoms with Crippen LogP contribution in [0.2, 0.25) is 0 Å². The molecule has 7 nitrogen and oxygen atoms in total. The molecule has 1 N–H and O–H groups in total. The lowest BCUT2D eigenvalue weighted by Crippen LogP contribution is -2.11.